The molecule has 4 rings (SSSR count). The van der Waals surface area contributed by atoms with Gasteiger partial charge < -0.3 is 33.4 Å². The number of hydrogen-bond acceptors (Lipinski definition) is 9. The second-order valence-electron chi connectivity index (χ2n) is 11.6. The normalized spacial score (nSPS) is 34.5. The molecule has 0 N–H and O–H groups in total. The van der Waals surface area contributed by atoms with E-state index in [1.807, 2.05) is 0 Å². The summed E-state index contributed by atoms with van der Waals surface area (Å²) in [6.07, 6.45) is 4.05. The molecule has 1 spiro atoms. The van der Waals surface area contributed by atoms with Gasteiger partial charge in [0.15, 0.2) is 0 Å². The Morgan fingerprint density at radius 2 is 1.79 bits per heavy atom. The summed E-state index contributed by atoms with van der Waals surface area (Å²) in [5, 5.41) is 0. The standard InChI is InChI=1S/C28H44N2O8/c1-19(2)6-8-22-27(4,38-22)25-24(34-5)21(10-11-28(25)18-36-28)37-26(33)30-14-12-29(13-15-30)16-17-35-23(32)9-7-20(3)31/h6,21-22,24-25H,7-18H2,1-5H3/t21-,22?,24-,25-,27?,28+/m1/s1. The van der Waals surface area contributed by atoms with E-state index in [2.05, 4.69) is 31.7 Å². The number of allylic oxidation sites excluding steroid dienone is 1. The van der Waals surface area contributed by atoms with Crippen LogP contribution < -0.4 is 0 Å². The highest BCUT2D eigenvalue weighted by atomic mass is 16.6. The molecule has 3 saturated heterocycles. The molecule has 4 aliphatic rings. The Morgan fingerprint density at radius 1 is 1.08 bits per heavy atom. The number of piperazine rings is 1. The Morgan fingerprint density at radius 3 is 2.39 bits per heavy atom. The molecule has 3 heterocycles. The van der Waals surface area contributed by atoms with E-state index >= 15 is 0 Å². The molecule has 214 valence electrons. The maximum atomic E-state index is 13.1. The fourth-order valence-corrected chi connectivity index (χ4v) is 6.07. The lowest BCUT2D eigenvalue weighted by Crippen LogP contribution is -2.57. The number of ether oxygens (including phenoxy) is 5. The number of ketones is 1. The molecule has 6 atom stereocenters. The van der Waals surface area contributed by atoms with Gasteiger partial charge in [0.05, 0.1) is 25.0 Å². The van der Waals surface area contributed by atoms with Crippen molar-refractivity contribution in [2.24, 2.45) is 5.92 Å². The van der Waals surface area contributed by atoms with Gasteiger partial charge in [-0.1, -0.05) is 11.6 Å². The number of esters is 1. The predicted molar refractivity (Wildman–Crippen MR) is 139 cm³/mol. The van der Waals surface area contributed by atoms with Crippen LogP contribution in [-0.4, -0.2) is 110 Å². The first-order chi connectivity index (χ1) is 18.1. The molecule has 0 aromatic heterocycles. The summed E-state index contributed by atoms with van der Waals surface area (Å²) in [5.74, 6) is -0.380. The van der Waals surface area contributed by atoms with Crippen molar-refractivity contribution in [2.45, 2.75) is 89.3 Å². The van der Waals surface area contributed by atoms with Crippen LogP contribution in [0, 0.1) is 5.92 Å². The molecular formula is C28H44N2O8. The molecule has 0 bridgehead atoms. The summed E-state index contributed by atoms with van der Waals surface area (Å²) in [7, 11) is 1.68. The summed E-state index contributed by atoms with van der Waals surface area (Å²) >= 11 is 0. The fourth-order valence-electron chi connectivity index (χ4n) is 6.07. The number of methoxy groups -OCH3 is 1. The van der Waals surface area contributed by atoms with Crippen LogP contribution in [0.3, 0.4) is 0 Å². The van der Waals surface area contributed by atoms with Crippen molar-refractivity contribution in [3.63, 3.8) is 0 Å². The molecule has 1 aliphatic carbocycles. The smallest absolute Gasteiger partial charge is 0.410 e. The Bertz CT molecular complexity index is 907. The number of hydrogen-bond donors (Lipinski definition) is 0. The monoisotopic (exact) mass is 536 g/mol. The predicted octanol–water partition coefficient (Wildman–Crippen LogP) is 2.73. The summed E-state index contributed by atoms with van der Waals surface area (Å²) in [6.45, 7) is 11.8. The van der Waals surface area contributed by atoms with Crippen LogP contribution in [0.1, 0.15) is 59.8 Å². The number of nitrogens with zero attached hydrogens (tertiary/aromatic N) is 2. The number of carbonyl (C=O) groups excluding carboxylic acids is 3. The maximum Gasteiger partial charge on any atom is 0.410 e. The maximum absolute atomic E-state index is 13.1. The van der Waals surface area contributed by atoms with Crippen molar-refractivity contribution in [3.8, 4) is 0 Å². The van der Waals surface area contributed by atoms with Crippen molar-refractivity contribution in [2.75, 3.05) is 53.0 Å². The van der Waals surface area contributed by atoms with Crippen LogP contribution >= 0.6 is 0 Å². The second kappa shape index (κ2) is 12.0. The largest absolute Gasteiger partial charge is 0.464 e. The molecule has 3 aliphatic heterocycles. The first kappa shape index (κ1) is 29.0. The van der Waals surface area contributed by atoms with E-state index in [-0.39, 0.29) is 72.7 Å². The van der Waals surface area contributed by atoms with Crippen LogP contribution in [0.15, 0.2) is 11.6 Å². The molecule has 0 radical (unpaired) electrons. The molecule has 0 aromatic rings. The van der Waals surface area contributed by atoms with E-state index in [1.54, 1.807) is 12.0 Å². The SMILES string of the molecule is CO[C@H]1[C@H](C2(C)OC2CC=C(C)C)[C@]2(CC[C@H]1OC(=O)N1CCN(CCOC(=O)CCC(C)=O)CC1)CO2. The summed E-state index contributed by atoms with van der Waals surface area (Å²) in [4.78, 5) is 39.7. The highest BCUT2D eigenvalue weighted by Gasteiger charge is 2.72. The Hall–Kier alpha value is -2.01. The third-order valence-electron chi connectivity index (χ3n) is 8.47. The van der Waals surface area contributed by atoms with Gasteiger partial charge in [-0.3, -0.25) is 9.69 Å². The Kier molecular flexibility index (Phi) is 9.17. The molecule has 4 fully saturated rings. The fraction of sp³-hybridized carbons (Fsp3) is 0.821. The van der Waals surface area contributed by atoms with Crippen LogP contribution in [-0.2, 0) is 33.3 Å². The van der Waals surface area contributed by atoms with E-state index in [0.717, 1.165) is 12.8 Å². The van der Waals surface area contributed by atoms with E-state index in [9.17, 15) is 14.4 Å². The van der Waals surface area contributed by atoms with Gasteiger partial charge in [-0.2, -0.15) is 0 Å². The highest BCUT2D eigenvalue weighted by Crippen LogP contribution is 2.59. The average Bonchev–Trinajstić information content (AvgIpc) is 3.79. The van der Waals surface area contributed by atoms with Crippen LogP contribution in [0.2, 0.25) is 0 Å². The van der Waals surface area contributed by atoms with Gasteiger partial charge in [0.2, 0.25) is 0 Å². The number of amides is 1. The van der Waals surface area contributed by atoms with Crippen molar-refractivity contribution >= 4 is 17.8 Å². The lowest BCUT2D eigenvalue weighted by molar-refractivity contribution is -0.145. The quantitative estimate of drug-likeness (QED) is 0.224. The van der Waals surface area contributed by atoms with Crippen LogP contribution in [0.4, 0.5) is 4.79 Å². The minimum absolute atomic E-state index is 0.00267. The van der Waals surface area contributed by atoms with Crippen molar-refractivity contribution in [1.29, 1.82) is 0 Å². The first-order valence-corrected chi connectivity index (χ1v) is 13.9. The van der Waals surface area contributed by atoms with Gasteiger partial charge in [0, 0.05) is 46.3 Å². The van der Waals surface area contributed by atoms with Gasteiger partial charge in [-0.25, -0.2) is 4.79 Å². The molecule has 1 saturated carbocycles. The second-order valence-corrected chi connectivity index (χ2v) is 11.6. The third-order valence-corrected chi connectivity index (χ3v) is 8.47. The summed E-state index contributed by atoms with van der Waals surface area (Å²) in [5.41, 5.74) is 0.652. The van der Waals surface area contributed by atoms with E-state index in [0.29, 0.717) is 45.8 Å². The minimum atomic E-state index is -0.366. The van der Waals surface area contributed by atoms with Gasteiger partial charge in [0.1, 0.15) is 35.8 Å². The van der Waals surface area contributed by atoms with Gasteiger partial charge in [-0.15, -0.1) is 0 Å². The van der Waals surface area contributed by atoms with Gasteiger partial charge in [0.25, 0.3) is 0 Å². The lowest BCUT2D eigenvalue weighted by atomic mass is 9.68. The summed E-state index contributed by atoms with van der Waals surface area (Å²) in [6, 6.07) is 0. The Balaban J connectivity index is 1.25. The zero-order chi connectivity index (χ0) is 27.5. The highest BCUT2D eigenvalue weighted by molar-refractivity contribution is 5.80. The molecule has 38 heavy (non-hydrogen) atoms. The van der Waals surface area contributed by atoms with Crippen LogP contribution in [0.25, 0.3) is 0 Å². The third kappa shape index (κ3) is 6.76. The van der Waals surface area contributed by atoms with E-state index < -0.39 is 0 Å². The first-order valence-electron chi connectivity index (χ1n) is 13.9. The van der Waals surface area contributed by atoms with Gasteiger partial charge in [-0.05, 0) is 47.0 Å². The van der Waals surface area contributed by atoms with Crippen molar-refractivity contribution in [3.05, 3.63) is 11.6 Å². The number of carbonyl (C=O) groups is 3. The Labute approximate surface area is 225 Å². The van der Waals surface area contributed by atoms with E-state index in [4.69, 9.17) is 23.7 Å². The molecular weight excluding hydrogens is 492 g/mol. The lowest BCUT2D eigenvalue weighted by Gasteiger charge is -2.43. The van der Waals surface area contributed by atoms with Gasteiger partial charge >= 0.3 is 12.1 Å². The average molecular weight is 537 g/mol. The minimum Gasteiger partial charge on any atom is -0.464 e. The van der Waals surface area contributed by atoms with E-state index in [1.165, 1.54) is 12.5 Å². The molecule has 1 amide bonds. The van der Waals surface area contributed by atoms with Crippen molar-refractivity contribution in [1.82, 2.24) is 9.80 Å². The molecule has 10 heteroatoms. The zero-order valence-corrected chi connectivity index (χ0v) is 23.5. The van der Waals surface area contributed by atoms with Crippen LogP contribution in [0.5, 0.6) is 0 Å². The summed E-state index contributed by atoms with van der Waals surface area (Å²) < 4.78 is 29.5. The number of epoxide rings is 2. The zero-order valence-electron chi connectivity index (χ0n) is 23.5. The molecule has 0 aromatic carbocycles. The molecule has 10 nitrogen and oxygen atoms in total. The van der Waals surface area contributed by atoms with Crippen molar-refractivity contribution < 1.29 is 38.1 Å². The molecule has 2 unspecified atom stereocenters. The number of Topliss-reactive ketones (excluding diaryl/α,β-unsaturated/α-hetero) is 1. The topological polar surface area (TPSA) is 110 Å². The number of rotatable bonds is 11.